The highest BCUT2D eigenvalue weighted by Crippen LogP contribution is 2.32. The Morgan fingerprint density at radius 1 is 1.00 bits per heavy atom. The molecule has 0 spiro atoms. The van der Waals surface area contributed by atoms with Gasteiger partial charge in [0.25, 0.3) is 0 Å². The van der Waals surface area contributed by atoms with Crippen LogP contribution in [0.15, 0.2) is 0 Å². The van der Waals surface area contributed by atoms with Gasteiger partial charge in [0.05, 0.1) is 0 Å². The normalized spacial score (nSPS) is 14.3. The molecule has 0 radical (unpaired) electrons. The van der Waals surface area contributed by atoms with Gasteiger partial charge in [-0.05, 0) is 65.5 Å². The molecule has 0 aliphatic rings. The first-order chi connectivity index (χ1) is 7.95. The molecule has 4 heteroatoms. The topological polar surface area (TPSA) is 18.5 Å². The number of hydrogen-bond donors (Lipinski definition) is 0. The van der Waals surface area contributed by atoms with Gasteiger partial charge in [0.2, 0.25) is 0 Å². The first-order valence-corrected chi connectivity index (χ1v) is 13.0. The highest BCUT2D eigenvalue weighted by molar-refractivity contribution is 6.90. The van der Waals surface area contributed by atoms with Gasteiger partial charge in [-0.15, -0.1) is 0 Å². The van der Waals surface area contributed by atoms with Crippen LogP contribution in [0.2, 0.25) is 30.8 Å². The summed E-state index contributed by atoms with van der Waals surface area (Å²) < 4.78 is 12.7. The number of hydrogen-bond acceptors (Lipinski definition) is 2. The van der Waals surface area contributed by atoms with Crippen LogP contribution >= 0.6 is 0 Å². The van der Waals surface area contributed by atoms with Crippen LogP contribution in [0.5, 0.6) is 0 Å². The van der Waals surface area contributed by atoms with E-state index in [1.165, 1.54) is 17.8 Å². The third kappa shape index (κ3) is 7.07. The summed E-state index contributed by atoms with van der Waals surface area (Å²) in [6.45, 7) is 20.1. The smallest absolute Gasteiger partial charge is 0.192 e. The minimum Gasteiger partial charge on any atom is -0.415 e. The summed E-state index contributed by atoms with van der Waals surface area (Å²) in [5, 5.41) is 0. The molecule has 0 heterocycles. The van der Waals surface area contributed by atoms with Gasteiger partial charge < -0.3 is 8.85 Å². The van der Waals surface area contributed by atoms with E-state index in [0.29, 0.717) is 6.10 Å². The van der Waals surface area contributed by atoms with Crippen LogP contribution < -0.4 is 0 Å². The molecule has 0 bridgehead atoms. The molecule has 0 aliphatic carbocycles. The van der Waals surface area contributed by atoms with Gasteiger partial charge in [0.15, 0.2) is 16.6 Å². The molecule has 0 saturated heterocycles. The van der Waals surface area contributed by atoms with E-state index in [2.05, 4.69) is 61.6 Å². The van der Waals surface area contributed by atoms with E-state index in [0.717, 1.165) is 0 Å². The molecule has 18 heavy (non-hydrogen) atoms. The summed E-state index contributed by atoms with van der Waals surface area (Å²) in [7, 11) is -3.25. The minimum absolute atomic E-state index is 0.0272. The Balaban J connectivity index is 4.90. The average molecular weight is 291 g/mol. The Bertz CT molecular complexity index is 241. The van der Waals surface area contributed by atoms with Gasteiger partial charge in [0, 0.05) is 11.7 Å². The molecule has 0 saturated carbocycles. The van der Waals surface area contributed by atoms with Gasteiger partial charge in [-0.2, -0.15) is 0 Å². The molecule has 0 aromatic heterocycles. The van der Waals surface area contributed by atoms with Gasteiger partial charge in [0.1, 0.15) is 0 Å². The molecule has 0 aliphatic heterocycles. The first-order valence-electron chi connectivity index (χ1n) is 7.33. The molecule has 0 N–H and O–H groups in total. The van der Waals surface area contributed by atoms with Crippen LogP contribution in [0.25, 0.3) is 0 Å². The molecule has 110 valence electrons. The fourth-order valence-corrected chi connectivity index (χ4v) is 15.0. The fourth-order valence-electron chi connectivity index (χ4n) is 2.79. The fraction of sp³-hybridized carbons (Fsp3) is 1.00. The van der Waals surface area contributed by atoms with Crippen LogP contribution in [0.4, 0.5) is 0 Å². The van der Waals surface area contributed by atoms with E-state index in [1.54, 1.807) is 0 Å². The summed E-state index contributed by atoms with van der Waals surface area (Å²) in [5.74, 6) is 0. The molecular formula is C14H34O2Si2. The Labute approximate surface area is 117 Å². The van der Waals surface area contributed by atoms with Gasteiger partial charge in [-0.3, -0.25) is 0 Å². The first kappa shape index (κ1) is 18.4. The van der Waals surface area contributed by atoms with Crippen molar-refractivity contribution in [2.45, 2.75) is 91.0 Å². The van der Waals surface area contributed by atoms with Crippen molar-refractivity contribution in [3.63, 3.8) is 0 Å². The Morgan fingerprint density at radius 2 is 1.44 bits per heavy atom. The molecular weight excluding hydrogens is 256 g/mol. The maximum Gasteiger partial charge on any atom is 0.192 e. The molecule has 0 atom stereocenters. The van der Waals surface area contributed by atoms with Crippen molar-refractivity contribution in [3.8, 4) is 0 Å². The molecule has 0 unspecified atom stereocenters. The molecule has 0 aromatic carbocycles. The molecule has 2 nitrogen and oxygen atoms in total. The SMILES string of the molecule is CC[Si](CC)(C[Si](C)(C)OC(C)C)OC(C)(C)C. The third-order valence-electron chi connectivity index (χ3n) is 3.11. The Kier molecular flexibility index (Phi) is 6.81. The second-order valence-electron chi connectivity index (χ2n) is 7.21. The standard InChI is InChI=1S/C14H34O2Si2/c1-10-18(11-2,16-14(5,6)7)12-17(8,9)15-13(3)4/h13H,10-12H2,1-9H3. The largest absolute Gasteiger partial charge is 0.415 e. The monoisotopic (exact) mass is 290 g/mol. The van der Waals surface area contributed by atoms with E-state index in [1.807, 2.05) is 0 Å². The zero-order chi connectivity index (χ0) is 14.6. The molecule has 0 fully saturated rings. The summed E-state index contributed by atoms with van der Waals surface area (Å²) in [5.41, 5.74) is 1.18. The van der Waals surface area contributed by atoms with Gasteiger partial charge >= 0.3 is 0 Å². The second kappa shape index (κ2) is 6.68. The van der Waals surface area contributed by atoms with Crippen molar-refractivity contribution < 1.29 is 8.85 Å². The van der Waals surface area contributed by atoms with Crippen molar-refractivity contribution in [1.29, 1.82) is 0 Å². The Hall–Kier alpha value is 0.354. The minimum atomic E-state index is -1.64. The quantitative estimate of drug-likeness (QED) is 0.617. The second-order valence-corrected chi connectivity index (χ2v) is 16.4. The van der Waals surface area contributed by atoms with Crippen molar-refractivity contribution in [1.82, 2.24) is 0 Å². The highest BCUT2D eigenvalue weighted by atomic mass is 28.4. The number of rotatable bonds is 7. The molecule has 0 amide bonds. The maximum atomic E-state index is 6.53. The zero-order valence-electron chi connectivity index (χ0n) is 14.0. The lowest BCUT2D eigenvalue weighted by atomic mass is 10.2. The predicted octanol–water partition coefficient (Wildman–Crippen LogP) is 4.96. The van der Waals surface area contributed by atoms with Crippen molar-refractivity contribution >= 4 is 16.6 Å². The van der Waals surface area contributed by atoms with E-state index in [4.69, 9.17) is 8.85 Å². The summed E-state index contributed by atoms with van der Waals surface area (Å²) in [6.07, 6.45) is 0.335. The third-order valence-corrected chi connectivity index (χ3v) is 13.8. The van der Waals surface area contributed by atoms with Crippen LogP contribution in [0.1, 0.15) is 48.5 Å². The van der Waals surface area contributed by atoms with Crippen LogP contribution in [-0.4, -0.2) is 28.3 Å². The van der Waals surface area contributed by atoms with Crippen molar-refractivity contribution in [2.24, 2.45) is 0 Å². The van der Waals surface area contributed by atoms with Crippen LogP contribution in [0.3, 0.4) is 0 Å². The van der Waals surface area contributed by atoms with E-state index in [9.17, 15) is 0 Å². The summed E-state index contributed by atoms with van der Waals surface area (Å²) in [6, 6.07) is 2.39. The van der Waals surface area contributed by atoms with Gasteiger partial charge in [-0.1, -0.05) is 13.8 Å². The van der Waals surface area contributed by atoms with Crippen LogP contribution in [-0.2, 0) is 8.85 Å². The summed E-state index contributed by atoms with van der Waals surface area (Å²) >= 11 is 0. The van der Waals surface area contributed by atoms with E-state index in [-0.39, 0.29) is 5.60 Å². The van der Waals surface area contributed by atoms with Crippen molar-refractivity contribution in [2.75, 3.05) is 0 Å². The lowest BCUT2D eigenvalue weighted by Crippen LogP contribution is -2.51. The summed E-state index contributed by atoms with van der Waals surface area (Å²) in [4.78, 5) is 0. The van der Waals surface area contributed by atoms with E-state index >= 15 is 0 Å². The predicted molar refractivity (Wildman–Crippen MR) is 86.1 cm³/mol. The van der Waals surface area contributed by atoms with Crippen molar-refractivity contribution in [3.05, 3.63) is 0 Å². The highest BCUT2D eigenvalue weighted by Gasteiger charge is 2.42. The molecule has 0 aromatic rings. The zero-order valence-corrected chi connectivity index (χ0v) is 16.0. The van der Waals surface area contributed by atoms with Crippen LogP contribution in [0, 0.1) is 0 Å². The maximum absolute atomic E-state index is 6.53. The lowest BCUT2D eigenvalue weighted by molar-refractivity contribution is 0.116. The van der Waals surface area contributed by atoms with Gasteiger partial charge in [-0.25, -0.2) is 0 Å². The average Bonchev–Trinajstić information content (AvgIpc) is 2.11. The lowest BCUT2D eigenvalue weighted by Gasteiger charge is -2.41. The van der Waals surface area contributed by atoms with E-state index < -0.39 is 16.6 Å². The molecule has 0 rings (SSSR count). The Morgan fingerprint density at radius 3 is 1.72 bits per heavy atom.